The van der Waals surface area contributed by atoms with Gasteiger partial charge in [-0.15, -0.1) is 0 Å². The molecule has 9 heteroatoms. The molecule has 6 N–H and O–H groups in total. The van der Waals surface area contributed by atoms with E-state index in [1.54, 1.807) is 6.08 Å². The number of hydrogen-bond acceptors (Lipinski definition) is 8. The number of unbranched alkanes of at least 4 members (excludes halogenated alkanes) is 36. The van der Waals surface area contributed by atoms with Crippen molar-refractivity contribution < 1.29 is 39.8 Å². The fourth-order valence-electron chi connectivity index (χ4n) is 11.3. The summed E-state index contributed by atoms with van der Waals surface area (Å²) in [6, 6.07) is -0.827. The van der Waals surface area contributed by atoms with Crippen molar-refractivity contribution in [3.63, 3.8) is 0 Å². The summed E-state index contributed by atoms with van der Waals surface area (Å²) < 4.78 is 11.3. The number of carbonyl (C=O) groups is 1. The Morgan fingerprint density at radius 1 is 0.393 bits per heavy atom. The van der Waals surface area contributed by atoms with E-state index in [1.165, 1.54) is 186 Å². The van der Waals surface area contributed by atoms with Gasteiger partial charge in [-0.1, -0.05) is 347 Å². The monoisotopic (exact) mass is 1240 g/mol. The maximum atomic E-state index is 13.1. The Labute approximate surface area is 548 Å². The maximum absolute atomic E-state index is 13.1. The lowest BCUT2D eigenvalue weighted by atomic mass is 9.99. The van der Waals surface area contributed by atoms with Crippen molar-refractivity contribution in [2.24, 2.45) is 0 Å². The number of nitrogens with one attached hydrogen (secondary N) is 1. The number of ether oxygens (including phenoxy) is 2. The van der Waals surface area contributed by atoms with Crippen LogP contribution in [0, 0.1) is 0 Å². The minimum Gasteiger partial charge on any atom is -0.394 e. The van der Waals surface area contributed by atoms with E-state index < -0.39 is 49.5 Å². The molecule has 512 valence electrons. The second-order valence-corrected chi connectivity index (χ2v) is 25.4. The number of allylic oxidation sites excluding steroid dienone is 19. The molecule has 0 aromatic heterocycles. The van der Waals surface area contributed by atoms with Gasteiger partial charge in [0.05, 0.1) is 25.4 Å². The lowest BCUT2D eigenvalue weighted by Gasteiger charge is -2.40. The lowest BCUT2D eigenvalue weighted by Crippen LogP contribution is -2.60. The van der Waals surface area contributed by atoms with Crippen LogP contribution in [-0.4, -0.2) is 87.5 Å². The van der Waals surface area contributed by atoms with E-state index in [-0.39, 0.29) is 12.5 Å². The van der Waals surface area contributed by atoms with Gasteiger partial charge in [-0.2, -0.15) is 0 Å². The van der Waals surface area contributed by atoms with Crippen molar-refractivity contribution in [1.82, 2.24) is 5.32 Å². The van der Waals surface area contributed by atoms with E-state index in [9.17, 15) is 30.3 Å². The predicted octanol–water partition coefficient (Wildman–Crippen LogP) is 21.0. The molecule has 89 heavy (non-hydrogen) atoms. The lowest BCUT2D eigenvalue weighted by molar-refractivity contribution is -0.302. The minimum absolute atomic E-state index is 0.197. The summed E-state index contributed by atoms with van der Waals surface area (Å²) in [5, 5.41) is 54.8. The normalized spacial score (nSPS) is 18.6. The van der Waals surface area contributed by atoms with Crippen LogP contribution in [0.15, 0.2) is 122 Å². The summed E-state index contributed by atoms with van der Waals surface area (Å²) in [7, 11) is 0. The third-order valence-electron chi connectivity index (χ3n) is 17.0. The Bertz CT molecular complexity index is 1830. The average Bonchev–Trinajstić information content (AvgIpc) is 2.28. The van der Waals surface area contributed by atoms with Gasteiger partial charge in [0, 0.05) is 6.42 Å². The standard InChI is InChI=1S/C80H139NO8/c1-3-5-7-9-11-13-15-17-19-21-23-25-27-29-31-33-35-37-39-41-43-45-47-49-51-53-55-57-59-61-63-65-67-69-74(83)73(72-88-80-79(87)78(86)77(85)75(71-82)89-80)81-76(84)70-68-66-64-62-60-58-56-54-52-50-48-46-44-42-40-38-36-34-32-30-28-26-24-22-20-18-16-14-12-10-8-6-4-2/h6,8,12,14,18,20,24,26,30,32,36,38,42,44,48,50,54,56,67,69,73-75,77-80,82-83,85-87H,3-5,7,9-11,13,15-17,19,21-23,25,27-29,31,33-35,37,39-41,43,45-47,49,51-53,55,57-66,68,70-72H2,1-2H3,(H,81,84)/b8-6-,14-12-,20-18-,26-24-,32-30-,38-36-,44-42-,50-48-,56-54-,69-67+. The molecule has 7 atom stereocenters. The third kappa shape index (κ3) is 55.9. The van der Waals surface area contributed by atoms with Gasteiger partial charge in [0.2, 0.25) is 5.91 Å². The van der Waals surface area contributed by atoms with Gasteiger partial charge in [-0.25, -0.2) is 0 Å². The highest BCUT2D eigenvalue weighted by Gasteiger charge is 2.44. The Hall–Kier alpha value is -3.41. The third-order valence-corrected chi connectivity index (χ3v) is 17.0. The quantitative estimate of drug-likeness (QED) is 0.0261. The highest BCUT2D eigenvalue weighted by Crippen LogP contribution is 2.23. The van der Waals surface area contributed by atoms with Crippen molar-refractivity contribution in [2.45, 2.75) is 365 Å². The number of aliphatic hydroxyl groups excluding tert-OH is 5. The molecule has 0 radical (unpaired) electrons. The Kier molecular flexibility index (Phi) is 63.4. The van der Waals surface area contributed by atoms with Crippen LogP contribution in [0.25, 0.3) is 0 Å². The summed E-state index contributed by atoms with van der Waals surface area (Å²) in [6.07, 6.45) is 94.5. The Balaban J connectivity index is 2.16. The van der Waals surface area contributed by atoms with Gasteiger partial charge in [0.1, 0.15) is 24.4 Å². The molecule has 0 aromatic carbocycles. The van der Waals surface area contributed by atoms with Gasteiger partial charge in [-0.3, -0.25) is 4.79 Å². The molecular formula is C80H139NO8. The van der Waals surface area contributed by atoms with Crippen LogP contribution in [0.3, 0.4) is 0 Å². The van der Waals surface area contributed by atoms with Crippen LogP contribution in [-0.2, 0) is 14.3 Å². The van der Waals surface area contributed by atoms with Gasteiger partial charge < -0.3 is 40.3 Å². The van der Waals surface area contributed by atoms with Crippen molar-refractivity contribution in [2.75, 3.05) is 13.2 Å². The Morgan fingerprint density at radius 3 is 1.03 bits per heavy atom. The van der Waals surface area contributed by atoms with E-state index >= 15 is 0 Å². The van der Waals surface area contributed by atoms with E-state index in [1.807, 2.05) is 6.08 Å². The minimum atomic E-state index is -1.58. The highest BCUT2D eigenvalue weighted by atomic mass is 16.7. The SMILES string of the molecule is CC/C=C\C/C=C\C/C=C\C/C=C\C/C=C\C/C=C\C/C=C\C/C=C\C/C=C\CCCCCCCC(=O)NC(COC1OC(CO)C(O)C(O)C1O)C(O)/C=C/CCCCCCCCCCCCCCCCCCCCCCCCCCCCCCCCC. The summed E-state index contributed by atoms with van der Waals surface area (Å²) in [5.41, 5.74) is 0. The molecular weight excluding hydrogens is 1100 g/mol. The number of aliphatic hydroxyl groups is 5. The predicted molar refractivity (Wildman–Crippen MR) is 382 cm³/mol. The van der Waals surface area contributed by atoms with Crippen LogP contribution in [0.4, 0.5) is 0 Å². The summed E-state index contributed by atoms with van der Waals surface area (Å²) in [4.78, 5) is 13.1. The maximum Gasteiger partial charge on any atom is 0.220 e. The molecule has 1 amide bonds. The zero-order valence-corrected chi connectivity index (χ0v) is 57.4. The first-order valence-corrected chi connectivity index (χ1v) is 37.3. The number of amides is 1. The number of hydrogen-bond donors (Lipinski definition) is 6. The Morgan fingerprint density at radius 2 is 0.697 bits per heavy atom. The fraction of sp³-hybridized carbons (Fsp3) is 0.738. The van der Waals surface area contributed by atoms with Gasteiger partial charge >= 0.3 is 0 Å². The molecule has 0 aromatic rings. The van der Waals surface area contributed by atoms with Crippen LogP contribution >= 0.6 is 0 Å². The van der Waals surface area contributed by atoms with Crippen LogP contribution in [0.5, 0.6) is 0 Å². The largest absolute Gasteiger partial charge is 0.394 e. The van der Waals surface area contributed by atoms with Crippen molar-refractivity contribution in [1.29, 1.82) is 0 Å². The second-order valence-electron chi connectivity index (χ2n) is 25.4. The molecule has 1 heterocycles. The molecule has 1 saturated heterocycles. The van der Waals surface area contributed by atoms with Crippen molar-refractivity contribution in [3.05, 3.63) is 122 Å². The van der Waals surface area contributed by atoms with Crippen molar-refractivity contribution >= 4 is 5.91 Å². The van der Waals surface area contributed by atoms with Crippen molar-refractivity contribution in [3.8, 4) is 0 Å². The molecule has 1 rings (SSSR count). The second kappa shape index (κ2) is 67.5. The van der Waals surface area contributed by atoms with Gasteiger partial charge in [0.15, 0.2) is 6.29 Å². The smallest absolute Gasteiger partial charge is 0.220 e. The summed E-state index contributed by atoms with van der Waals surface area (Å²) in [6.45, 7) is 3.68. The van der Waals surface area contributed by atoms with E-state index in [2.05, 4.69) is 129 Å². The first kappa shape index (κ1) is 83.6. The molecule has 0 spiro atoms. The molecule has 7 unspecified atom stereocenters. The zero-order chi connectivity index (χ0) is 64.2. The van der Waals surface area contributed by atoms with E-state index in [4.69, 9.17) is 9.47 Å². The molecule has 0 saturated carbocycles. The summed E-state index contributed by atoms with van der Waals surface area (Å²) in [5.74, 6) is -0.197. The van der Waals surface area contributed by atoms with Crippen LogP contribution in [0.2, 0.25) is 0 Å². The zero-order valence-electron chi connectivity index (χ0n) is 57.4. The van der Waals surface area contributed by atoms with E-state index in [0.717, 1.165) is 116 Å². The average molecular weight is 1240 g/mol. The molecule has 9 nitrogen and oxygen atoms in total. The van der Waals surface area contributed by atoms with E-state index in [0.29, 0.717) is 6.42 Å². The molecule has 1 aliphatic rings. The summed E-state index contributed by atoms with van der Waals surface area (Å²) >= 11 is 0. The number of rotatable bonds is 64. The molecule has 0 bridgehead atoms. The van der Waals surface area contributed by atoms with Gasteiger partial charge in [-0.05, 0) is 89.9 Å². The topological polar surface area (TPSA) is 149 Å². The number of carbonyl (C=O) groups excluding carboxylic acids is 1. The highest BCUT2D eigenvalue weighted by molar-refractivity contribution is 5.76. The molecule has 1 fully saturated rings. The first-order valence-electron chi connectivity index (χ1n) is 37.3. The fourth-order valence-corrected chi connectivity index (χ4v) is 11.3. The first-order chi connectivity index (χ1) is 43.8. The molecule has 1 aliphatic heterocycles. The molecule has 0 aliphatic carbocycles. The van der Waals surface area contributed by atoms with Crippen LogP contribution in [0.1, 0.15) is 322 Å². The van der Waals surface area contributed by atoms with Crippen LogP contribution < -0.4 is 5.32 Å². The van der Waals surface area contributed by atoms with Gasteiger partial charge in [0.25, 0.3) is 0 Å².